The van der Waals surface area contributed by atoms with Gasteiger partial charge in [0.2, 0.25) is 10.0 Å². The highest BCUT2D eigenvalue weighted by Crippen LogP contribution is 2.42. The molecular formula is C18H24N4O2S. The zero-order valence-corrected chi connectivity index (χ0v) is 15.4. The lowest BCUT2D eigenvalue weighted by molar-refractivity contribution is 0.129. The average Bonchev–Trinajstić information content (AvgIpc) is 2.89. The fraction of sp³-hybridized carbons (Fsp3) is 0.556. The van der Waals surface area contributed by atoms with Crippen LogP contribution in [0.4, 0.5) is 0 Å². The molecule has 6 nitrogen and oxygen atoms in total. The van der Waals surface area contributed by atoms with Crippen LogP contribution in [-0.2, 0) is 23.0 Å². The van der Waals surface area contributed by atoms with Gasteiger partial charge in [-0.3, -0.25) is 0 Å². The fourth-order valence-corrected chi connectivity index (χ4v) is 5.66. The summed E-state index contributed by atoms with van der Waals surface area (Å²) in [6, 6.07) is 8.76. The Morgan fingerprint density at radius 3 is 2.36 bits per heavy atom. The third-order valence-electron chi connectivity index (χ3n) is 5.92. The Morgan fingerprint density at radius 1 is 0.960 bits per heavy atom. The van der Waals surface area contributed by atoms with E-state index in [2.05, 4.69) is 14.8 Å². The highest BCUT2D eigenvalue weighted by Gasteiger charge is 2.39. The van der Waals surface area contributed by atoms with Crippen LogP contribution in [0.3, 0.4) is 0 Å². The van der Waals surface area contributed by atoms with E-state index < -0.39 is 10.0 Å². The van der Waals surface area contributed by atoms with Gasteiger partial charge in [-0.2, -0.15) is 4.31 Å². The standard InChI is InChI=1S/C18H24N4O2S/c1-15-19-20-17-7-8-18(11-14-22(15)17)9-12-21(13-10-18)25(23,24)16-5-3-2-4-6-16/h2-6H,7-14H2,1H3. The first-order chi connectivity index (χ1) is 12.0. The van der Waals surface area contributed by atoms with Crippen molar-refractivity contribution in [1.29, 1.82) is 0 Å². The van der Waals surface area contributed by atoms with Gasteiger partial charge in [-0.05, 0) is 50.2 Å². The molecule has 0 radical (unpaired) electrons. The van der Waals surface area contributed by atoms with E-state index in [0.29, 0.717) is 18.0 Å². The predicted octanol–water partition coefficient (Wildman–Crippen LogP) is 2.39. The van der Waals surface area contributed by atoms with E-state index in [0.717, 1.165) is 50.3 Å². The minimum atomic E-state index is -3.37. The summed E-state index contributed by atoms with van der Waals surface area (Å²) in [4.78, 5) is 0.397. The number of sulfonamides is 1. The highest BCUT2D eigenvalue weighted by atomic mass is 32.2. The van der Waals surface area contributed by atoms with Gasteiger partial charge in [-0.25, -0.2) is 8.42 Å². The average molecular weight is 360 g/mol. The number of aryl methyl sites for hydroxylation is 2. The van der Waals surface area contributed by atoms with Gasteiger partial charge in [-0.15, -0.1) is 10.2 Å². The van der Waals surface area contributed by atoms with Gasteiger partial charge in [-0.1, -0.05) is 18.2 Å². The number of hydrogen-bond donors (Lipinski definition) is 0. The van der Waals surface area contributed by atoms with Gasteiger partial charge in [0.1, 0.15) is 11.6 Å². The van der Waals surface area contributed by atoms with Crippen LogP contribution >= 0.6 is 0 Å². The number of rotatable bonds is 2. The minimum absolute atomic E-state index is 0.232. The molecule has 25 heavy (non-hydrogen) atoms. The number of benzene rings is 1. The SMILES string of the molecule is Cc1nnc2n1CCC1(CC2)CCN(S(=O)(=O)c2ccccc2)CC1. The lowest BCUT2D eigenvalue weighted by Crippen LogP contribution is -2.43. The quantitative estimate of drug-likeness (QED) is 0.825. The molecule has 0 bridgehead atoms. The summed E-state index contributed by atoms with van der Waals surface area (Å²) >= 11 is 0. The van der Waals surface area contributed by atoms with Crippen molar-refractivity contribution in [2.75, 3.05) is 13.1 Å². The number of piperidine rings is 1. The first kappa shape index (κ1) is 16.7. The van der Waals surface area contributed by atoms with Crippen LogP contribution in [0, 0.1) is 12.3 Å². The minimum Gasteiger partial charge on any atom is -0.315 e. The number of aromatic nitrogens is 3. The Kier molecular flexibility index (Phi) is 4.16. The topological polar surface area (TPSA) is 68.1 Å². The van der Waals surface area contributed by atoms with Crippen LogP contribution in [0.5, 0.6) is 0 Å². The summed E-state index contributed by atoms with van der Waals surface area (Å²) < 4.78 is 29.5. The van der Waals surface area contributed by atoms with Crippen LogP contribution < -0.4 is 0 Å². The highest BCUT2D eigenvalue weighted by molar-refractivity contribution is 7.89. The maximum atomic E-state index is 12.8. The van der Waals surface area contributed by atoms with Crippen molar-refractivity contribution in [3.63, 3.8) is 0 Å². The molecule has 2 aromatic rings. The lowest BCUT2D eigenvalue weighted by Gasteiger charge is -2.40. The van der Waals surface area contributed by atoms with Crippen molar-refractivity contribution < 1.29 is 8.42 Å². The summed E-state index contributed by atoms with van der Waals surface area (Å²) in [7, 11) is -3.37. The number of hydrogen-bond acceptors (Lipinski definition) is 4. The maximum Gasteiger partial charge on any atom is 0.243 e. The van der Waals surface area contributed by atoms with Gasteiger partial charge in [0, 0.05) is 26.1 Å². The van der Waals surface area contributed by atoms with E-state index in [-0.39, 0.29) is 5.41 Å². The van der Waals surface area contributed by atoms with Gasteiger partial charge in [0.25, 0.3) is 0 Å². The van der Waals surface area contributed by atoms with Crippen molar-refractivity contribution in [2.45, 2.75) is 50.5 Å². The Hall–Kier alpha value is -1.73. The zero-order valence-electron chi connectivity index (χ0n) is 14.6. The van der Waals surface area contributed by atoms with Crippen molar-refractivity contribution in [3.8, 4) is 0 Å². The molecule has 0 saturated carbocycles. The summed E-state index contributed by atoms with van der Waals surface area (Å²) in [5, 5.41) is 8.47. The molecular weight excluding hydrogens is 336 g/mol. The first-order valence-electron chi connectivity index (χ1n) is 8.94. The second kappa shape index (κ2) is 6.21. The molecule has 2 aliphatic rings. The van der Waals surface area contributed by atoms with Crippen molar-refractivity contribution in [2.24, 2.45) is 5.41 Å². The molecule has 0 aliphatic carbocycles. The normalized spacial score (nSPS) is 21.0. The smallest absolute Gasteiger partial charge is 0.243 e. The van der Waals surface area contributed by atoms with Crippen LogP contribution in [0.1, 0.15) is 37.3 Å². The zero-order chi connectivity index (χ0) is 17.5. The largest absolute Gasteiger partial charge is 0.315 e. The molecule has 2 aliphatic heterocycles. The van der Waals surface area contributed by atoms with Gasteiger partial charge < -0.3 is 4.57 Å². The lowest BCUT2D eigenvalue weighted by atomic mass is 9.73. The second-order valence-corrected chi connectivity index (χ2v) is 9.22. The van der Waals surface area contributed by atoms with Gasteiger partial charge in [0.05, 0.1) is 4.90 Å². The fourth-order valence-electron chi connectivity index (χ4n) is 4.19. The predicted molar refractivity (Wildman–Crippen MR) is 94.6 cm³/mol. The van der Waals surface area contributed by atoms with Crippen molar-refractivity contribution in [3.05, 3.63) is 42.0 Å². The van der Waals surface area contributed by atoms with Gasteiger partial charge >= 0.3 is 0 Å². The summed E-state index contributed by atoms with van der Waals surface area (Å²) in [5.74, 6) is 2.06. The van der Waals surface area contributed by atoms with Crippen LogP contribution in [0.2, 0.25) is 0 Å². The Balaban J connectivity index is 1.47. The van der Waals surface area contributed by atoms with Crippen molar-refractivity contribution >= 4 is 10.0 Å². The summed E-state index contributed by atoms with van der Waals surface area (Å²) in [5.41, 5.74) is 0.232. The van der Waals surface area contributed by atoms with E-state index in [1.807, 2.05) is 13.0 Å². The van der Waals surface area contributed by atoms with Crippen molar-refractivity contribution in [1.82, 2.24) is 19.1 Å². The molecule has 0 atom stereocenters. The molecule has 3 heterocycles. The molecule has 1 spiro atoms. The number of nitrogens with zero attached hydrogens (tertiary/aromatic N) is 4. The van der Waals surface area contributed by atoms with Crippen LogP contribution in [0.15, 0.2) is 35.2 Å². The first-order valence-corrected chi connectivity index (χ1v) is 10.4. The van der Waals surface area contributed by atoms with Gasteiger partial charge in [0.15, 0.2) is 0 Å². The molecule has 0 N–H and O–H groups in total. The van der Waals surface area contributed by atoms with E-state index in [4.69, 9.17) is 0 Å². The molecule has 0 amide bonds. The van der Waals surface area contributed by atoms with Crippen LogP contribution in [-0.4, -0.2) is 40.6 Å². The van der Waals surface area contributed by atoms with E-state index in [9.17, 15) is 8.42 Å². The van der Waals surface area contributed by atoms with E-state index in [1.165, 1.54) is 0 Å². The molecule has 1 fully saturated rings. The molecule has 1 saturated heterocycles. The Morgan fingerprint density at radius 2 is 1.64 bits per heavy atom. The molecule has 4 rings (SSSR count). The summed E-state index contributed by atoms with van der Waals surface area (Å²) in [6.07, 6.45) is 4.95. The molecule has 7 heteroatoms. The third kappa shape index (κ3) is 3.00. The summed E-state index contributed by atoms with van der Waals surface area (Å²) in [6.45, 7) is 4.16. The second-order valence-electron chi connectivity index (χ2n) is 7.28. The molecule has 0 unspecified atom stereocenters. The molecule has 1 aromatic carbocycles. The van der Waals surface area contributed by atoms with E-state index in [1.54, 1.807) is 28.6 Å². The Bertz CT molecular complexity index is 852. The monoisotopic (exact) mass is 360 g/mol. The van der Waals surface area contributed by atoms with E-state index >= 15 is 0 Å². The maximum absolute atomic E-state index is 12.8. The molecule has 1 aromatic heterocycles. The molecule has 134 valence electrons. The Labute approximate surface area is 148 Å². The third-order valence-corrected chi connectivity index (χ3v) is 7.83. The number of fused-ring (bicyclic) bond motifs is 1. The van der Waals surface area contributed by atoms with Crippen LogP contribution in [0.25, 0.3) is 0 Å².